The minimum atomic E-state index is 0.276. The van der Waals surface area contributed by atoms with Gasteiger partial charge in [-0.2, -0.15) is 0 Å². The van der Waals surface area contributed by atoms with Crippen LogP contribution in [-0.2, 0) is 6.42 Å². The maximum Gasteiger partial charge on any atom is 0.121 e. The Balaban J connectivity index is 2.15. The van der Waals surface area contributed by atoms with Crippen molar-refractivity contribution in [1.29, 1.82) is 0 Å². The van der Waals surface area contributed by atoms with Crippen LogP contribution in [-0.4, -0.2) is 13.0 Å². The van der Waals surface area contributed by atoms with Gasteiger partial charge in [0.1, 0.15) is 13.6 Å². The number of benzene rings is 4. The Morgan fingerprint density at radius 2 is 1.48 bits per heavy atom. The highest BCUT2D eigenvalue weighted by Gasteiger charge is 2.18. The van der Waals surface area contributed by atoms with E-state index < -0.39 is 0 Å². The van der Waals surface area contributed by atoms with Gasteiger partial charge < -0.3 is 5.11 Å². The van der Waals surface area contributed by atoms with Gasteiger partial charge >= 0.3 is 0 Å². The summed E-state index contributed by atoms with van der Waals surface area (Å²) in [5.74, 6) is 0.276. The molecule has 4 aromatic rings. The maximum atomic E-state index is 10.8. The number of aryl methyl sites for hydroxylation is 2. The highest BCUT2D eigenvalue weighted by molar-refractivity contribution is 6.36. The smallest absolute Gasteiger partial charge is 0.121 e. The van der Waals surface area contributed by atoms with Gasteiger partial charge in [-0.15, -0.1) is 0 Å². The predicted octanol–water partition coefficient (Wildman–Crippen LogP) is 7.62. The Kier molecular flexibility index (Phi) is 9.91. The molecule has 0 spiro atoms. The molecule has 0 bridgehead atoms. The van der Waals surface area contributed by atoms with Crippen molar-refractivity contribution >= 4 is 37.1 Å². The topological polar surface area (TPSA) is 20.2 Å². The number of rotatable bonds is 7. The van der Waals surface area contributed by atoms with E-state index in [0.29, 0.717) is 5.46 Å². The van der Waals surface area contributed by atoms with Gasteiger partial charge in [-0.05, 0) is 139 Å². The molecule has 0 aliphatic rings. The Labute approximate surface area is 253 Å². The number of phenols is 1. The maximum absolute atomic E-state index is 10.8. The molecule has 0 heterocycles. The summed E-state index contributed by atoms with van der Waals surface area (Å²) in [6.07, 6.45) is 15.6. The van der Waals surface area contributed by atoms with Gasteiger partial charge in [0.05, 0.1) is 0 Å². The monoisotopic (exact) mass is 548 g/mol. The second-order valence-electron chi connectivity index (χ2n) is 11.1. The van der Waals surface area contributed by atoms with Crippen molar-refractivity contribution < 1.29 is 5.11 Å². The van der Waals surface area contributed by atoms with Crippen LogP contribution in [0.4, 0.5) is 0 Å². The first-order chi connectivity index (χ1) is 20.2. The van der Waals surface area contributed by atoms with E-state index in [-0.39, 0.29) is 5.75 Å². The van der Waals surface area contributed by atoms with Crippen LogP contribution in [0.3, 0.4) is 0 Å². The highest BCUT2D eigenvalue weighted by Crippen LogP contribution is 2.30. The number of aromatic hydroxyl groups is 1. The summed E-state index contributed by atoms with van der Waals surface area (Å²) in [6.45, 7) is 14.4. The van der Waals surface area contributed by atoms with E-state index in [1.807, 2.05) is 26.8 Å². The van der Waals surface area contributed by atoms with Gasteiger partial charge in [-0.25, -0.2) is 0 Å². The average molecular weight is 549 g/mol. The van der Waals surface area contributed by atoms with Crippen molar-refractivity contribution in [2.75, 3.05) is 0 Å². The Hall–Kier alpha value is -4.30. The molecule has 0 unspecified atom stereocenters. The minimum Gasteiger partial charge on any atom is -0.507 e. The molecule has 4 rings (SSSR count). The molecule has 210 valence electrons. The second-order valence-corrected chi connectivity index (χ2v) is 11.1. The molecule has 1 nitrogen and oxygen atoms in total. The van der Waals surface area contributed by atoms with Crippen LogP contribution in [0.15, 0.2) is 85.0 Å². The van der Waals surface area contributed by atoms with Gasteiger partial charge in [0.25, 0.3) is 0 Å². The van der Waals surface area contributed by atoms with Gasteiger partial charge in [-0.3, -0.25) is 0 Å². The highest BCUT2D eigenvalue weighted by atomic mass is 16.3. The standard InChI is InChI=1S/C40H41BO/c1-8-10-11-18-31-22-27(4)35(16-9-2)34(23-31)24-33-20-14-15-21-36(33)37(25-32-19-13-12-17-26(32)3)38-28(5)29(6)40(42)30(7)39(38)41/h8-24,42H,25H2,1-7H3/b10-8-,16-9-,18-11-,33-24+,37-36+. The van der Waals surface area contributed by atoms with Crippen molar-refractivity contribution in [3.63, 3.8) is 0 Å². The lowest BCUT2D eigenvalue weighted by atomic mass is 9.76. The first-order valence-corrected chi connectivity index (χ1v) is 14.7. The first-order valence-electron chi connectivity index (χ1n) is 14.7. The Morgan fingerprint density at radius 1 is 0.762 bits per heavy atom. The zero-order chi connectivity index (χ0) is 30.4. The van der Waals surface area contributed by atoms with Crippen molar-refractivity contribution in [1.82, 2.24) is 0 Å². The van der Waals surface area contributed by atoms with Gasteiger partial charge in [0, 0.05) is 0 Å². The molecule has 0 fully saturated rings. The zero-order valence-electron chi connectivity index (χ0n) is 26.0. The lowest BCUT2D eigenvalue weighted by molar-refractivity contribution is 0.467. The molecule has 0 aliphatic carbocycles. The van der Waals surface area contributed by atoms with Crippen LogP contribution < -0.4 is 15.9 Å². The number of phenolic OH excluding ortho intramolecular Hbond substituents is 1. The van der Waals surface area contributed by atoms with Crippen LogP contribution in [0.2, 0.25) is 0 Å². The third kappa shape index (κ3) is 6.44. The Morgan fingerprint density at radius 3 is 2.19 bits per heavy atom. The molecule has 0 saturated heterocycles. The van der Waals surface area contributed by atoms with Crippen LogP contribution in [0.5, 0.6) is 5.75 Å². The van der Waals surface area contributed by atoms with E-state index >= 15 is 0 Å². The summed E-state index contributed by atoms with van der Waals surface area (Å²) >= 11 is 0. The number of hydrogen-bond donors (Lipinski definition) is 1. The van der Waals surface area contributed by atoms with Crippen LogP contribution in [0.25, 0.3) is 23.8 Å². The van der Waals surface area contributed by atoms with Crippen LogP contribution >= 0.6 is 0 Å². The number of hydrogen-bond acceptors (Lipinski definition) is 1. The van der Waals surface area contributed by atoms with Crippen LogP contribution in [0, 0.1) is 34.6 Å². The van der Waals surface area contributed by atoms with E-state index in [4.69, 9.17) is 7.85 Å². The van der Waals surface area contributed by atoms with E-state index in [0.717, 1.165) is 50.2 Å². The summed E-state index contributed by atoms with van der Waals surface area (Å²) in [5.41, 5.74) is 12.7. The lowest BCUT2D eigenvalue weighted by Crippen LogP contribution is -2.31. The SMILES string of the molecule is [B]c1c(C)c(O)c(C)c(C)c1/C(Cc1ccccc1C)=c1\cccc\c1=C/c1cc(/C=C\C=C/C)cc(C)c1/C=C\C. The number of allylic oxidation sites excluding steroid dienone is 4. The molecular formula is C40H41BO. The molecule has 2 heteroatoms. The normalized spacial score (nSPS) is 13.2. The minimum absolute atomic E-state index is 0.276. The summed E-state index contributed by atoms with van der Waals surface area (Å²) in [6, 6.07) is 21.6. The second kappa shape index (κ2) is 13.6. The van der Waals surface area contributed by atoms with E-state index in [1.54, 1.807) is 0 Å². The molecule has 4 aromatic carbocycles. The molecule has 0 saturated carbocycles. The quantitative estimate of drug-likeness (QED) is 0.186. The fourth-order valence-electron chi connectivity index (χ4n) is 5.68. The van der Waals surface area contributed by atoms with Crippen molar-refractivity contribution in [3.05, 3.63) is 151 Å². The fourth-order valence-corrected chi connectivity index (χ4v) is 5.68. The summed E-state index contributed by atoms with van der Waals surface area (Å²) in [7, 11) is 6.83. The van der Waals surface area contributed by atoms with E-state index in [9.17, 15) is 5.11 Å². The third-order valence-electron chi connectivity index (χ3n) is 8.22. The molecule has 2 radical (unpaired) electrons. The molecule has 0 amide bonds. The fraction of sp³-hybridized carbons (Fsp3) is 0.200. The predicted molar refractivity (Wildman–Crippen MR) is 184 cm³/mol. The molecule has 1 N–H and O–H groups in total. The van der Waals surface area contributed by atoms with E-state index in [1.165, 1.54) is 27.8 Å². The lowest BCUT2D eigenvalue weighted by Gasteiger charge is -2.21. The van der Waals surface area contributed by atoms with E-state index in [2.05, 4.69) is 125 Å². The third-order valence-corrected chi connectivity index (χ3v) is 8.22. The Bertz CT molecular complexity index is 1800. The average Bonchev–Trinajstić information content (AvgIpc) is 2.98. The summed E-state index contributed by atoms with van der Waals surface area (Å²) < 4.78 is 0. The molecule has 0 aliphatic heterocycles. The zero-order valence-corrected chi connectivity index (χ0v) is 26.0. The first kappa shape index (κ1) is 30.7. The van der Waals surface area contributed by atoms with Gasteiger partial charge in [0.2, 0.25) is 0 Å². The summed E-state index contributed by atoms with van der Waals surface area (Å²) in [5, 5.41) is 13.1. The van der Waals surface area contributed by atoms with Crippen molar-refractivity contribution in [2.24, 2.45) is 0 Å². The van der Waals surface area contributed by atoms with Crippen LogP contribution in [0.1, 0.15) is 69.5 Å². The van der Waals surface area contributed by atoms with Crippen molar-refractivity contribution in [2.45, 2.75) is 54.9 Å². The summed E-state index contributed by atoms with van der Waals surface area (Å²) in [4.78, 5) is 0. The largest absolute Gasteiger partial charge is 0.507 e. The van der Waals surface area contributed by atoms with Gasteiger partial charge in [0.15, 0.2) is 0 Å². The molecule has 0 aromatic heterocycles. The van der Waals surface area contributed by atoms with Gasteiger partial charge in [-0.1, -0.05) is 96.5 Å². The molecule has 42 heavy (non-hydrogen) atoms. The van der Waals surface area contributed by atoms with Crippen molar-refractivity contribution in [3.8, 4) is 5.75 Å². The molecular weight excluding hydrogens is 507 g/mol. The molecule has 0 atom stereocenters.